The minimum atomic E-state index is -1.06. The average molecular weight is 379 g/mol. The van der Waals surface area contributed by atoms with Crippen molar-refractivity contribution in [3.05, 3.63) is 87.5 Å². The van der Waals surface area contributed by atoms with Gasteiger partial charge in [0.25, 0.3) is 0 Å². The van der Waals surface area contributed by atoms with Gasteiger partial charge < -0.3 is 10.9 Å². The summed E-state index contributed by atoms with van der Waals surface area (Å²) < 4.78 is 40.6. The number of nitrogens with zero attached hydrogens (tertiary/aromatic N) is 1. The molecule has 2 N–H and O–H groups in total. The fourth-order valence-corrected chi connectivity index (χ4v) is 2.77. The van der Waals surface area contributed by atoms with Crippen molar-refractivity contribution >= 4 is 23.1 Å². The molecule has 0 amide bonds. The highest BCUT2D eigenvalue weighted by Crippen LogP contribution is 2.32. The van der Waals surface area contributed by atoms with E-state index in [1.54, 1.807) is 0 Å². The molecule has 2 aromatic carbocycles. The number of halogens is 4. The molecule has 0 bridgehead atoms. The zero-order chi connectivity index (χ0) is 19.0. The number of nitrogens with two attached hydrogens (primary N) is 1. The highest BCUT2D eigenvalue weighted by molar-refractivity contribution is 6.33. The van der Waals surface area contributed by atoms with E-state index in [0.717, 1.165) is 36.5 Å². The number of nitrogen functional groups attached to an aromatic ring is 1. The van der Waals surface area contributed by atoms with Crippen LogP contribution in [0.25, 0.3) is 11.3 Å². The Hall–Kier alpha value is -3.06. The fourth-order valence-electron chi connectivity index (χ4n) is 2.51. The summed E-state index contributed by atoms with van der Waals surface area (Å²) in [6, 6.07) is 6.91. The first kappa shape index (κ1) is 17.8. The van der Waals surface area contributed by atoms with E-state index in [2.05, 4.69) is 0 Å². The Morgan fingerprint density at radius 3 is 2.31 bits per heavy atom. The summed E-state index contributed by atoms with van der Waals surface area (Å²) in [5.74, 6) is -3.35. The number of hydrogen-bond acceptors (Lipinski definition) is 3. The normalized spacial score (nSPS) is 10.8. The highest BCUT2D eigenvalue weighted by atomic mass is 35.5. The van der Waals surface area contributed by atoms with Crippen molar-refractivity contribution in [2.75, 3.05) is 5.73 Å². The second-order valence-electron chi connectivity index (χ2n) is 5.39. The predicted octanol–water partition coefficient (Wildman–Crippen LogP) is 3.87. The first-order valence-corrected chi connectivity index (χ1v) is 7.64. The molecule has 1 heterocycles. The molecule has 0 radical (unpaired) electrons. The molecule has 3 rings (SSSR count). The Morgan fingerprint density at radius 2 is 1.65 bits per heavy atom. The van der Waals surface area contributed by atoms with Crippen LogP contribution in [-0.2, 0) is 0 Å². The molecule has 1 aromatic heterocycles. The Kier molecular flexibility index (Phi) is 4.56. The summed E-state index contributed by atoms with van der Waals surface area (Å²) in [6.07, 6.45) is 1.00. The Bertz CT molecular complexity index is 1040. The standard InChI is InChI=1S/C18H10ClF3N2O2/c19-14-7-9(20)1-3-11(14)17-16(23)13(5-6-24(17)26)18(25)12-4-2-10(21)8-15(12)22/h1-8H,23H2. The van der Waals surface area contributed by atoms with E-state index in [0.29, 0.717) is 10.8 Å². The van der Waals surface area contributed by atoms with Gasteiger partial charge in [-0.2, -0.15) is 4.73 Å². The van der Waals surface area contributed by atoms with Gasteiger partial charge in [-0.3, -0.25) is 4.79 Å². The van der Waals surface area contributed by atoms with Crippen molar-refractivity contribution in [2.24, 2.45) is 0 Å². The van der Waals surface area contributed by atoms with E-state index in [1.807, 2.05) is 0 Å². The summed E-state index contributed by atoms with van der Waals surface area (Å²) in [4.78, 5) is 12.6. The molecule has 0 fully saturated rings. The Balaban J connectivity index is 2.17. The van der Waals surface area contributed by atoms with E-state index in [4.69, 9.17) is 17.3 Å². The summed E-state index contributed by atoms with van der Waals surface area (Å²) in [6.45, 7) is 0. The lowest BCUT2D eigenvalue weighted by Gasteiger charge is -2.12. The molecule has 0 saturated heterocycles. The number of rotatable bonds is 3. The van der Waals surface area contributed by atoms with Crippen LogP contribution in [-0.4, -0.2) is 5.78 Å². The molecule has 0 aliphatic heterocycles. The summed E-state index contributed by atoms with van der Waals surface area (Å²) >= 11 is 5.97. The number of anilines is 1. The third-order valence-electron chi connectivity index (χ3n) is 3.75. The molecule has 0 aliphatic rings. The smallest absolute Gasteiger partial charge is 0.249 e. The maximum Gasteiger partial charge on any atom is 0.249 e. The van der Waals surface area contributed by atoms with Crippen molar-refractivity contribution in [1.82, 2.24) is 0 Å². The number of carbonyl (C=O) groups excluding carboxylic acids is 1. The molecule has 0 saturated carbocycles. The van der Waals surface area contributed by atoms with Crippen molar-refractivity contribution in [3.63, 3.8) is 0 Å². The fraction of sp³-hybridized carbons (Fsp3) is 0. The molecule has 0 atom stereocenters. The molecular weight excluding hydrogens is 369 g/mol. The molecule has 3 aromatic rings. The molecule has 4 nitrogen and oxygen atoms in total. The third kappa shape index (κ3) is 3.09. The second kappa shape index (κ2) is 6.68. The SMILES string of the molecule is Nc1c(C(=O)c2ccc(F)cc2F)cc[n+]([O-])c1-c1ccc(F)cc1Cl. The lowest BCUT2D eigenvalue weighted by atomic mass is 9.99. The topological polar surface area (TPSA) is 70.0 Å². The molecular formula is C18H10ClF3N2O2. The van der Waals surface area contributed by atoms with Gasteiger partial charge in [-0.1, -0.05) is 11.6 Å². The molecule has 132 valence electrons. The van der Waals surface area contributed by atoms with Gasteiger partial charge in [-0.15, -0.1) is 0 Å². The number of aromatic nitrogens is 1. The van der Waals surface area contributed by atoms with E-state index in [9.17, 15) is 23.2 Å². The third-order valence-corrected chi connectivity index (χ3v) is 4.06. The number of pyridine rings is 1. The number of ketones is 1. The highest BCUT2D eigenvalue weighted by Gasteiger charge is 2.25. The molecule has 0 aliphatic carbocycles. The van der Waals surface area contributed by atoms with E-state index in [-0.39, 0.29) is 27.5 Å². The molecule has 8 heteroatoms. The van der Waals surface area contributed by atoms with Crippen molar-refractivity contribution in [1.29, 1.82) is 0 Å². The van der Waals surface area contributed by atoms with Crippen molar-refractivity contribution in [3.8, 4) is 11.3 Å². The molecule has 26 heavy (non-hydrogen) atoms. The first-order chi connectivity index (χ1) is 12.3. The minimum Gasteiger partial charge on any atom is -0.618 e. The monoisotopic (exact) mass is 378 g/mol. The van der Waals surface area contributed by atoms with E-state index < -0.39 is 28.8 Å². The molecule has 0 spiro atoms. The van der Waals surface area contributed by atoms with Crippen LogP contribution in [0.2, 0.25) is 5.02 Å². The van der Waals surface area contributed by atoms with Gasteiger partial charge in [0.2, 0.25) is 5.69 Å². The van der Waals surface area contributed by atoms with Crippen LogP contribution in [0, 0.1) is 22.7 Å². The van der Waals surface area contributed by atoms with Gasteiger partial charge in [0, 0.05) is 12.1 Å². The number of hydrogen-bond donors (Lipinski definition) is 1. The Labute approximate surface area is 150 Å². The van der Waals surface area contributed by atoms with Gasteiger partial charge in [0.1, 0.15) is 23.1 Å². The number of benzene rings is 2. The Morgan fingerprint density at radius 1 is 1.00 bits per heavy atom. The van der Waals surface area contributed by atoms with Crippen LogP contribution in [0.5, 0.6) is 0 Å². The van der Waals surface area contributed by atoms with Gasteiger partial charge >= 0.3 is 0 Å². The van der Waals surface area contributed by atoms with Crippen LogP contribution in [0.3, 0.4) is 0 Å². The number of carbonyl (C=O) groups is 1. The molecule has 0 unspecified atom stereocenters. The minimum absolute atomic E-state index is 0.0844. The van der Waals surface area contributed by atoms with Gasteiger partial charge in [0.15, 0.2) is 12.0 Å². The van der Waals surface area contributed by atoms with Crippen LogP contribution >= 0.6 is 11.6 Å². The first-order valence-electron chi connectivity index (χ1n) is 7.26. The van der Waals surface area contributed by atoms with Gasteiger partial charge in [0.05, 0.1) is 21.7 Å². The van der Waals surface area contributed by atoms with Crippen molar-refractivity contribution in [2.45, 2.75) is 0 Å². The zero-order valence-electron chi connectivity index (χ0n) is 13.0. The van der Waals surface area contributed by atoms with Crippen LogP contribution in [0.4, 0.5) is 18.9 Å². The summed E-state index contributed by atoms with van der Waals surface area (Å²) in [7, 11) is 0. The van der Waals surface area contributed by atoms with Gasteiger partial charge in [-0.25, -0.2) is 13.2 Å². The zero-order valence-corrected chi connectivity index (χ0v) is 13.7. The predicted molar refractivity (Wildman–Crippen MR) is 90.0 cm³/mol. The van der Waals surface area contributed by atoms with E-state index >= 15 is 0 Å². The van der Waals surface area contributed by atoms with E-state index in [1.165, 1.54) is 6.07 Å². The second-order valence-corrected chi connectivity index (χ2v) is 5.80. The van der Waals surface area contributed by atoms with Crippen molar-refractivity contribution < 1.29 is 22.7 Å². The summed E-state index contributed by atoms with van der Waals surface area (Å²) in [5, 5.41) is 12.1. The maximum absolute atomic E-state index is 13.9. The van der Waals surface area contributed by atoms with Crippen LogP contribution < -0.4 is 10.5 Å². The average Bonchev–Trinajstić information content (AvgIpc) is 2.56. The van der Waals surface area contributed by atoms with Crippen LogP contribution in [0.1, 0.15) is 15.9 Å². The van der Waals surface area contributed by atoms with Crippen LogP contribution in [0.15, 0.2) is 48.7 Å². The van der Waals surface area contributed by atoms with Gasteiger partial charge in [-0.05, 0) is 30.3 Å². The lowest BCUT2D eigenvalue weighted by Crippen LogP contribution is -2.31. The quantitative estimate of drug-likeness (QED) is 0.427. The largest absolute Gasteiger partial charge is 0.618 e. The summed E-state index contributed by atoms with van der Waals surface area (Å²) in [5.41, 5.74) is 5.05. The lowest BCUT2D eigenvalue weighted by molar-refractivity contribution is -0.593. The maximum atomic E-state index is 13.9.